The smallest absolute Gasteiger partial charge is 0.300 e. The first-order valence-corrected chi connectivity index (χ1v) is 5.92. The van der Waals surface area contributed by atoms with Crippen LogP contribution < -0.4 is 10.1 Å². The predicted molar refractivity (Wildman–Crippen MR) is 80.5 cm³/mol. The number of rotatable bonds is 5. The lowest BCUT2D eigenvalue weighted by Crippen LogP contribution is -2.09. The van der Waals surface area contributed by atoms with Crippen molar-refractivity contribution < 1.29 is 9.53 Å². The number of ether oxygens (including phenoxy) is 1. The van der Waals surface area contributed by atoms with Crippen LogP contribution in [0.4, 0.5) is 5.69 Å². The van der Waals surface area contributed by atoms with E-state index in [0.717, 1.165) is 0 Å². The van der Waals surface area contributed by atoms with E-state index in [1.807, 2.05) is 14.1 Å². The Bertz CT molecular complexity index is 580. The van der Waals surface area contributed by atoms with Crippen LogP contribution in [0.5, 0.6) is 5.75 Å². The summed E-state index contributed by atoms with van der Waals surface area (Å²) in [5.74, 6) is 5.36. The van der Waals surface area contributed by atoms with Crippen molar-refractivity contribution in [3.8, 4) is 17.6 Å². The van der Waals surface area contributed by atoms with Crippen molar-refractivity contribution in [2.75, 3.05) is 19.4 Å². The maximum atomic E-state index is 11.4. The van der Waals surface area contributed by atoms with Gasteiger partial charge in [-0.15, -0.1) is 0 Å². The summed E-state index contributed by atoms with van der Waals surface area (Å²) >= 11 is 0. The van der Waals surface area contributed by atoms with Gasteiger partial charge in [-0.05, 0) is 31.6 Å². The number of aliphatic imine (C=N–C) groups is 1. The van der Waals surface area contributed by atoms with Gasteiger partial charge in [0.2, 0.25) is 5.88 Å². The van der Waals surface area contributed by atoms with Crippen LogP contribution in [-0.4, -0.2) is 31.2 Å². The zero-order valence-corrected chi connectivity index (χ0v) is 11.8. The van der Waals surface area contributed by atoms with E-state index in [-0.39, 0.29) is 11.8 Å². The lowest BCUT2D eigenvalue weighted by atomic mass is 10.3. The van der Waals surface area contributed by atoms with Gasteiger partial charge in [-0.3, -0.25) is 4.79 Å². The largest absolute Gasteiger partial charge is 0.440 e. The molecule has 0 bridgehead atoms. The van der Waals surface area contributed by atoms with Gasteiger partial charge in [0, 0.05) is 25.8 Å². The van der Waals surface area contributed by atoms with Gasteiger partial charge in [0.1, 0.15) is 5.75 Å². The molecule has 20 heavy (non-hydrogen) atoms. The zero-order valence-electron chi connectivity index (χ0n) is 11.8. The third-order valence-electron chi connectivity index (χ3n) is 2.00. The monoisotopic (exact) mass is 271 g/mol. The predicted octanol–water partition coefficient (Wildman–Crippen LogP) is 2.09. The first kappa shape index (κ1) is 15.3. The number of anilines is 1. The lowest BCUT2D eigenvalue weighted by molar-refractivity contribution is -0.111. The van der Waals surface area contributed by atoms with Crippen LogP contribution in [0.25, 0.3) is 0 Å². The second-order valence-electron chi connectivity index (χ2n) is 4.06. The van der Waals surface area contributed by atoms with Crippen LogP contribution in [0.1, 0.15) is 6.92 Å². The van der Waals surface area contributed by atoms with E-state index >= 15 is 0 Å². The number of carbonyl (C=O) groups excluding carboxylic acids is 1. The van der Waals surface area contributed by atoms with E-state index in [2.05, 4.69) is 28.7 Å². The van der Waals surface area contributed by atoms with Crippen molar-refractivity contribution >= 4 is 17.9 Å². The molecule has 0 atom stereocenters. The molecule has 0 heterocycles. The molecule has 0 saturated carbocycles. The van der Waals surface area contributed by atoms with E-state index in [4.69, 9.17) is 4.74 Å². The Balaban J connectivity index is 2.70. The molecular formula is C15H17N3O2. The highest BCUT2D eigenvalue weighted by molar-refractivity contribution is 6.03. The average molecular weight is 271 g/mol. The third-order valence-corrected chi connectivity index (χ3v) is 2.00. The fraction of sp³-hybridized carbons (Fsp3) is 0.200. The topological polar surface area (TPSA) is 53.9 Å². The standard InChI is InChI=1S/C15H17N3O2/c1-5-7-15(19)17-13-8-6-9-14(10-13)20-12(2)16-11-18(3)4/h6,8-11H,2H2,1,3-4H3,(H,17,19)/b16-11-. The molecule has 0 aliphatic carbocycles. The van der Waals surface area contributed by atoms with Crippen LogP contribution in [-0.2, 0) is 4.79 Å². The summed E-state index contributed by atoms with van der Waals surface area (Å²) in [5.41, 5.74) is 0.597. The SMILES string of the molecule is C=C(/N=C\N(C)C)Oc1cccc(NC(=O)C#CC)c1. The molecule has 1 amide bonds. The average Bonchev–Trinajstić information content (AvgIpc) is 2.37. The Kier molecular flexibility index (Phi) is 5.85. The minimum Gasteiger partial charge on any atom is -0.440 e. The number of amides is 1. The molecule has 0 aromatic heterocycles. The zero-order chi connectivity index (χ0) is 15.0. The normalized spacial score (nSPS) is 9.55. The summed E-state index contributed by atoms with van der Waals surface area (Å²) in [6, 6.07) is 6.92. The van der Waals surface area contributed by atoms with Gasteiger partial charge in [0.05, 0.1) is 6.34 Å². The summed E-state index contributed by atoms with van der Waals surface area (Å²) in [6.45, 7) is 5.29. The van der Waals surface area contributed by atoms with Gasteiger partial charge in [-0.2, -0.15) is 0 Å². The molecule has 0 aliphatic heterocycles. The molecule has 5 heteroatoms. The number of carbonyl (C=O) groups is 1. The molecule has 1 aromatic rings. The Morgan fingerprint density at radius 3 is 2.90 bits per heavy atom. The highest BCUT2D eigenvalue weighted by Crippen LogP contribution is 2.19. The Morgan fingerprint density at radius 2 is 2.25 bits per heavy atom. The summed E-state index contributed by atoms with van der Waals surface area (Å²) in [4.78, 5) is 17.1. The summed E-state index contributed by atoms with van der Waals surface area (Å²) in [5, 5.41) is 2.64. The van der Waals surface area contributed by atoms with E-state index in [1.54, 1.807) is 42.4 Å². The highest BCUT2D eigenvalue weighted by Gasteiger charge is 2.01. The molecule has 1 aromatic carbocycles. The van der Waals surface area contributed by atoms with Crippen LogP contribution in [0.3, 0.4) is 0 Å². The van der Waals surface area contributed by atoms with Gasteiger partial charge >= 0.3 is 0 Å². The minimum atomic E-state index is -0.367. The fourth-order valence-electron chi connectivity index (χ4n) is 1.26. The van der Waals surface area contributed by atoms with Crippen LogP contribution in [0, 0.1) is 11.8 Å². The van der Waals surface area contributed by atoms with Gasteiger partial charge in [-0.25, -0.2) is 4.99 Å². The molecule has 0 aliphatic rings. The molecule has 104 valence electrons. The maximum Gasteiger partial charge on any atom is 0.300 e. The molecule has 0 spiro atoms. The third kappa shape index (κ3) is 5.74. The van der Waals surface area contributed by atoms with E-state index in [9.17, 15) is 4.79 Å². The molecule has 0 fully saturated rings. The number of nitrogens with zero attached hydrogens (tertiary/aromatic N) is 2. The Hall–Kier alpha value is -2.74. The maximum absolute atomic E-state index is 11.4. The fourth-order valence-corrected chi connectivity index (χ4v) is 1.26. The Labute approximate surface area is 119 Å². The van der Waals surface area contributed by atoms with E-state index in [0.29, 0.717) is 11.4 Å². The molecule has 5 nitrogen and oxygen atoms in total. The summed E-state index contributed by atoms with van der Waals surface area (Å²) in [7, 11) is 3.70. The van der Waals surface area contributed by atoms with Gasteiger partial charge in [-0.1, -0.05) is 12.0 Å². The van der Waals surface area contributed by atoms with Gasteiger partial charge in [0.15, 0.2) is 0 Å². The van der Waals surface area contributed by atoms with Crippen molar-refractivity contribution in [1.29, 1.82) is 0 Å². The highest BCUT2D eigenvalue weighted by atomic mass is 16.5. The van der Waals surface area contributed by atoms with Crippen molar-refractivity contribution in [3.05, 3.63) is 36.7 Å². The van der Waals surface area contributed by atoms with E-state index in [1.165, 1.54) is 0 Å². The molecule has 0 radical (unpaired) electrons. The number of hydrogen-bond donors (Lipinski definition) is 1. The first-order chi connectivity index (χ1) is 9.51. The number of hydrogen-bond acceptors (Lipinski definition) is 3. The minimum absolute atomic E-state index is 0.260. The summed E-state index contributed by atoms with van der Waals surface area (Å²) < 4.78 is 5.44. The lowest BCUT2D eigenvalue weighted by Gasteiger charge is -2.08. The van der Waals surface area contributed by atoms with Crippen molar-refractivity contribution in [2.45, 2.75) is 6.92 Å². The molecule has 1 N–H and O–H groups in total. The first-order valence-electron chi connectivity index (χ1n) is 5.92. The van der Waals surface area contributed by atoms with Crippen LogP contribution in [0.15, 0.2) is 41.7 Å². The second-order valence-corrected chi connectivity index (χ2v) is 4.06. The quantitative estimate of drug-likeness (QED) is 0.386. The number of benzene rings is 1. The molecular weight excluding hydrogens is 254 g/mol. The van der Waals surface area contributed by atoms with Gasteiger partial charge < -0.3 is 15.0 Å². The number of nitrogens with one attached hydrogen (secondary N) is 1. The molecule has 0 unspecified atom stereocenters. The van der Waals surface area contributed by atoms with Crippen molar-refractivity contribution in [3.63, 3.8) is 0 Å². The molecule has 0 saturated heterocycles. The van der Waals surface area contributed by atoms with Gasteiger partial charge in [0.25, 0.3) is 5.91 Å². The van der Waals surface area contributed by atoms with E-state index < -0.39 is 0 Å². The molecule has 1 rings (SSSR count). The van der Waals surface area contributed by atoms with Crippen molar-refractivity contribution in [2.24, 2.45) is 4.99 Å². The van der Waals surface area contributed by atoms with Crippen LogP contribution >= 0.6 is 0 Å². The Morgan fingerprint density at radius 1 is 1.50 bits per heavy atom. The van der Waals surface area contributed by atoms with Crippen molar-refractivity contribution in [1.82, 2.24) is 4.90 Å². The summed E-state index contributed by atoms with van der Waals surface area (Å²) in [6.07, 6.45) is 1.59. The second kappa shape index (κ2) is 7.64. The van der Waals surface area contributed by atoms with Crippen LogP contribution in [0.2, 0.25) is 0 Å².